The molecule has 1 heterocycles. The van der Waals surface area contributed by atoms with Crippen LogP contribution in [0.15, 0.2) is 85.1 Å². The third-order valence-electron chi connectivity index (χ3n) is 14.8. The first kappa shape index (κ1) is 73.9. The Labute approximate surface area is 483 Å². The van der Waals surface area contributed by atoms with E-state index in [9.17, 15) is 35.1 Å². The van der Waals surface area contributed by atoms with Crippen molar-refractivity contribution in [2.75, 3.05) is 13.2 Å². The lowest BCUT2D eigenvalue weighted by Crippen LogP contribution is -2.61. The molecule has 0 spiro atoms. The molecule has 8 unspecified atom stereocenters. The Morgan fingerprint density at radius 1 is 0.506 bits per heavy atom. The first-order chi connectivity index (χ1) is 38.7. The van der Waals surface area contributed by atoms with E-state index in [0.29, 0.717) is 12.8 Å². The Kier molecular flexibility index (Phi) is 51.8. The van der Waals surface area contributed by atoms with E-state index < -0.39 is 67.4 Å². The molecule has 0 aromatic heterocycles. The van der Waals surface area contributed by atoms with Crippen LogP contribution < -0.4 is 5.32 Å². The van der Waals surface area contributed by atoms with E-state index in [2.05, 4.69) is 99.0 Å². The van der Waals surface area contributed by atoms with Crippen LogP contribution >= 0.6 is 0 Å². The Bertz CT molecular complexity index is 1610. The molecule has 11 heteroatoms. The molecule has 8 atom stereocenters. The average Bonchev–Trinajstić information content (AvgIpc) is 3.46. The lowest BCUT2D eigenvalue weighted by molar-refractivity contribution is -0.305. The van der Waals surface area contributed by atoms with Gasteiger partial charge in [0, 0.05) is 6.42 Å². The highest BCUT2D eigenvalue weighted by molar-refractivity contribution is 5.80. The van der Waals surface area contributed by atoms with Crippen molar-refractivity contribution in [1.29, 1.82) is 0 Å². The standard InChI is InChI=1S/C68H119NO10/c1-4-7-10-13-16-19-22-25-26-27-28-29-30-31-32-33-34-35-36-38-41-44-47-50-53-56-63(73)79-66-65(75)64(74)62(57-70)78-68(66)77-58-59(60(71)54-51-48-45-42-39-24-21-18-15-12-9-6-3)69-67(76)61(72)55-52-49-46-43-40-37-23-20-17-14-11-8-5-2/h8,11,16-17,19-20,25-26,28-29,37,40,51,54,59-62,64-66,68,70-72,74-75H,4-7,9-10,12-15,18,21-24,27,30-36,38-39,41-50,52-53,55-58H2,1-3H3,(H,69,76)/b11-8+,19-16-,20-17+,26-25-,29-28-,40-37+,54-51+. The minimum absolute atomic E-state index is 0.115. The van der Waals surface area contributed by atoms with Crippen molar-refractivity contribution in [2.45, 2.75) is 320 Å². The topological polar surface area (TPSA) is 175 Å². The van der Waals surface area contributed by atoms with Gasteiger partial charge >= 0.3 is 5.97 Å². The summed E-state index contributed by atoms with van der Waals surface area (Å²) >= 11 is 0. The number of unbranched alkanes of at least 4 members (excludes halogenated alkanes) is 28. The van der Waals surface area contributed by atoms with E-state index in [-0.39, 0.29) is 19.4 Å². The summed E-state index contributed by atoms with van der Waals surface area (Å²) in [5, 5.41) is 57.0. The van der Waals surface area contributed by atoms with Crippen molar-refractivity contribution < 1.29 is 49.3 Å². The van der Waals surface area contributed by atoms with Gasteiger partial charge < -0.3 is 45.1 Å². The Morgan fingerprint density at radius 2 is 0.911 bits per heavy atom. The van der Waals surface area contributed by atoms with Gasteiger partial charge in [0.1, 0.15) is 24.4 Å². The van der Waals surface area contributed by atoms with Crippen molar-refractivity contribution in [3.05, 3.63) is 85.1 Å². The summed E-state index contributed by atoms with van der Waals surface area (Å²) in [6.45, 7) is 5.63. The molecule has 0 saturated carbocycles. The second-order valence-electron chi connectivity index (χ2n) is 22.1. The van der Waals surface area contributed by atoms with Crippen molar-refractivity contribution in [3.63, 3.8) is 0 Å². The first-order valence-corrected chi connectivity index (χ1v) is 32.4. The zero-order valence-electron chi connectivity index (χ0n) is 50.5. The monoisotopic (exact) mass is 1110 g/mol. The van der Waals surface area contributed by atoms with Crippen molar-refractivity contribution in [1.82, 2.24) is 5.32 Å². The molecule has 0 radical (unpaired) electrons. The molecule has 1 saturated heterocycles. The molecule has 0 aromatic rings. The normalized spacial score (nSPS) is 19.4. The molecule has 1 aliphatic heterocycles. The number of ether oxygens (including phenoxy) is 3. The first-order valence-electron chi connectivity index (χ1n) is 32.4. The van der Waals surface area contributed by atoms with Gasteiger partial charge in [-0.15, -0.1) is 0 Å². The number of esters is 1. The molecule has 0 aromatic carbocycles. The van der Waals surface area contributed by atoms with Gasteiger partial charge in [0.25, 0.3) is 0 Å². The molecular weight excluding hydrogens is 991 g/mol. The lowest BCUT2D eigenvalue weighted by Gasteiger charge is -2.41. The molecule has 1 fully saturated rings. The van der Waals surface area contributed by atoms with Crippen LogP contribution in [0.4, 0.5) is 0 Å². The highest BCUT2D eigenvalue weighted by Gasteiger charge is 2.47. The van der Waals surface area contributed by atoms with E-state index in [1.54, 1.807) is 6.08 Å². The van der Waals surface area contributed by atoms with Crippen molar-refractivity contribution >= 4 is 11.9 Å². The largest absolute Gasteiger partial charge is 0.454 e. The number of rotatable bonds is 54. The predicted octanol–water partition coefficient (Wildman–Crippen LogP) is 15.7. The molecule has 0 aliphatic carbocycles. The van der Waals surface area contributed by atoms with Crippen molar-refractivity contribution in [2.24, 2.45) is 0 Å². The molecule has 1 amide bonds. The summed E-state index contributed by atoms with van der Waals surface area (Å²) < 4.78 is 17.6. The van der Waals surface area contributed by atoms with Crippen molar-refractivity contribution in [3.8, 4) is 0 Å². The number of hydrogen-bond donors (Lipinski definition) is 6. The van der Waals surface area contributed by atoms with E-state index in [1.807, 2.05) is 6.08 Å². The second kappa shape index (κ2) is 55.4. The van der Waals surface area contributed by atoms with Crippen LogP contribution in [0.3, 0.4) is 0 Å². The number of carbonyl (C=O) groups excluding carboxylic acids is 2. The van der Waals surface area contributed by atoms with E-state index in [0.717, 1.165) is 89.9 Å². The second-order valence-corrected chi connectivity index (χ2v) is 22.1. The third-order valence-corrected chi connectivity index (χ3v) is 14.8. The maximum atomic E-state index is 13.4. The summed E-state index contributed by atoms with van der Waals surface area (Å²) in [4.78, 5) is 26.5. The maximum absolute atomic E-state index is 13.4. The van der Waals surface area contributed by atoms with E-state index >= 15 is 0 Å². The summed E-state index contributed by atoms with van der Waals surface area (Å²) in [6.07, 6.45) is 62.0. The minimum atomic E-state index is -1.62. The SMILES string of the molecule is CC/C=C/C/C=C/C/C=C/CCCCCC(O)C(=O)NC(COC1OC(CO)C(O)C(O)C1OC(=O)CCCCCCCCCCCCCC/C=C\C/C=C\C/C=C\CCCCC)C(O)/C=C/CCCCCCCCCCCC. The van der Waals surface area contributed by atoms with E-state index in [1.165, 1.54) is 135 Å². The predicted molar refractivity (Wildman–Crippen MR) is 329 cm³/mol. The fourth-order valence-corrected chi connectivity index (χ4v) is 9.67. The Hall–Kier alpha value is -3.16. The zero-order chi connectivity index (χ0) is 57.5. The van der Waals surface area contributed by atoms with Crippen LogP contribution in [-0.2, 0) is 23.8 Å². The molecule has 1 rings (SSSR count). The van der Waals surface area contributed by atoms with Gasteiger partial charge in [0.05, 0.1) is 25.4 Å². The number of aliphatic hydroxyl groups excluding tert-OH is 5. The number of allylic oxidation sites excluding steroid dienone is 13. The molecule has 456 valence electrons. The summed E-state index contributed by atoms with van der Waals surface area (Å²) in [6, 6.07) is -1.04. The third kappa shape index (κ3) is 43.2. The van der Waals surface area contributed by atoms with Crippen LogP contribution in [0.2, 0.25) is 0 Å². The smallest absolute Gasteiger partial charge is 0.306 e. The Morgan fingerprint density at radius 3 is 1.39 bits per heavy atom. The maximum Gasteiger partial charge on any atom is 0.306 e. The Balaban J connectivity index is 2.60. The molecule has 79 heavy (non-hydrogen) atoms. The summed E-state index contributed by atoms with van der Waals surface area (Å²) in [5.41, 5.74) is 0. The fraction of sp³-hybridized carbons (Fsp3) is 0.765. The number of carbonyl (C=O) groups is 2. The van der Waals surface area contributed by atoms with Gasteiger partial charge in [-0.05, 0) is 96.3 Å². The number of amides is 1. The summed E-state index contributed by atoms with van der Waals surface area (Å²) in [5.74, 6) is -1.22. The van der Waals surface area contributed by atoms with Crippen LogP contribution in [0.5, 0.6) is 0 Å². The lowest BCUT2D eigenvalue weighted by atomic mass is 9.99. The molecule has 1 aliphatic rings. The number of hydrogen-bond acceptors (Lipinski definition) is 10. The highest BCUT2D eigenvalue weighted by Crippen LogP contribution is 2.26. The van der Waals surface area contributed by atoms with Gasteiger partial charge in [0.2, 0.25) is 5.91 Å². The van der Waals surface area contributed by atoms with Crippen LogP contribution in [0, 0.1) is 0 Å². The zero-order valence-corrected chi connectivity index (χ0v) is 50.5. The van der Waals surface area contributed by atoms with Gasteiger partial charge in [0.15, 0.2) is 12.4 Å². The van der Waals surface area contributed by atoms with Gasteiger partial charge in [-0.1, -0.05) is 254 Å². The quantitative estimate of drug-likeness (QED) is 0.0195. The van der Waals surface area contributed by atoms with Crippen LogP contribution in [0.25, 0.3) is 0 Å². The molecule has 6 N–H and O–H groups in total. The number of nitrogens with one attached hydrogen (secondary N) is 1. The minimum Gasteiger partial charge on any atom is -0.454 e. The molecule has 11 nitrogen and oxygen atoms in total. The summed E-state index contributed by atoms with van der Waals surface area (Å²) in [7, 11) is 0. The number of aliphatic hydroxyl groups is 5. The van der Waals surface area contributed by atoms with Gasteiger partial charge in [-0.2, -0.15) is 0 Å². The van der Waals surface area contributed by atoms with Crippen LogP contribution in [-0.4, -0.2) is 99.6 Å². The van der Waals surface area contributed by atoms with E-state index in [4.69, 9.17) is 14.2 Å². The average molecular weight is 1110 g/mol. The van der Waals surface area contributed by atoms with Gasteiger partial charge in [-0.3, -0.25) is 9.59 Å². The molecule has 0 bridgehead atoms. The fourth-order valence-electron chi connectivity index (χ4n) is 9.67. The highest BCUT2D eigenvalue weighted by atomic mass is 16.7. The van der Waals surface area contributed by atoms with Gasteiger partial charge in [-0.25, -0.2) is 0 Å². The van der Waals surface area contributed by atoms with Crippen LogP contribution in [0.1, 0.15) is 271 Å². The molecular formula is C68H119NO10.